The van der Waals surface area contributed by atoms with Crippen molar-refractivity contribution < 1.29 is 29.0 Å². The third kappa shape index (κ3) is 6.58. The van der Waals surface area contributed by atoms with Crippen molar-refractivity contribution >= 4 is 18.2 Å². The Morgan fingerprint density at radius 1 is 0.852 bits per heavy atom. The highest BCUT2D eigenvalue weighted by atomic mass is 16.6. The summed E-state index contributed by atoms with van der Waals surface area (Å²) >= 11 is 0. The number of hydrogen-bond acceptors (Lipinski definition) is 5. The van der Waals surface area contributed by atoms with Crippen LogP contribution in [0, 0.1) is 0 Å². The summed E-state index contributed by atoms with van der Waals surface area (Å²) in [5.74, 6) is -1.34. The summed E-state index contributed by atoms with van der Waals surface area (Å²) in [6.07, 6.45) is -2.24. The number of carboxylic acids is 1. The third-order valence-corrected chi connectivity index (χ3v) is 3.50. The first-order valence-corrected chi connectivity index (χ1v) is 8.69. The number of aliphatic carboxylic acids is 1. The zero-order chi connectivity index (χ0) is 21.0. The molecule has 0 spiro atoms. The molecule has 0 aromatic heterocycles. The highest BCUT2D eigenvalue weighted by Crippen LogP contribution is 2.27. The highest BCUT2D eigenvalue weighted by molar-refractivity contribution is 5.96. The lowest BCUT2D eigenvalue weighted by molar-refractivity contribution is -0.149. The van der Waals surface area contributed by atoms with Crippen LogP contribution in [0.5, 0.6) is 0 Å². The standard InChI is InChI=1S/C20H29NO6/c1-18(2,3)26-16(24)21(17(25)27-19(4,5)6)20(7,15(22)23)13-14-11-9-8-10-12-14/h8-12H,13H2,1-7H3,(H,22,23)/t20-/m0/s1. The molecule has 2 amide bonds. The molecule has 0 saturated heterocycles. The van der Waals surface area contributed by atoms with Gasteiger partial charge in [-0.15, -0.1) is 0 Å². The Morgan fingerprint density at radius 3 is 1.59 bits per heavy atom. The summed E-state index contributed by atoms with van der Waals surface area (Å²) in [6, 6.07) is 8.75. The van der Waals surface area contributed by atoms with Gasteiger partial charge in [0.25, 0.3) is 0 Å². The van der Waals surface area contributed by atoms with Crippen LogP contribution in [0.2, 0.25) is 0 Å². The minimum atomic E-state index is -1.90. The Morgan fingerprint density at radius 2 is 1.26 bits per heavy atom. The molecule has 0 bridgehead atoms. The second-order valence-electron chi connectivity index (χ2n) is 8.54. The van der Waals surface area contributed by atoms with Crippen molar-refractivity contribution in [1.82, 2.24) is 4.90 Å². The molecular formula is C20H29NO6. The lowest BCUT2D eigenvalue weighted by Gasteiger charge is -2.37. The minimum absolute atomic E-state index is 0.0956. The van der Waals surface area contributed by atoms with Crippen LogP contribution in [0.3, 0.4) is 0 Å². The third-order valence-electron chi connectivity index (χ3n) is 3.50. The van der Waals surface area contributed by atoms with Crippen LogP contribution in [-0.2, 0) is 20.7 Å². The van der Waals surface area contributed by atoms with E-state index in [0.717, 1.165) is 0 Å². The van der Waals surface area contributed by atoms with E-state index in [9.17, 15) is 19.5 Å². The van der Waals surface area contributed by atoms with Gasteiger partial charge in [-0.3, -0.25) is 0 Å². The quantitative estimate of drug-likeness (QED) is 0.841. The molecule has 27 heavy (non-hydrogen) atoms. The van der Waals surface area contributed by atoms with Gasteiger partial charge in [-0.25, -0.2) is 14.4 Å². The predicted molar refractivity (Wildman–Crippen MR) is 100 cm³/mol. The van der Waals surface area contributed by atoms with Crippen LogP contribution in [0.25, 0.3) is 0 Å². The Balaban J connectivity index is 3.39. The van der Waals surface area contributed by atoms with E-state index in [1.54, 1.807) is 71.9 Å². The summed E-state index contributed by atoms with van der Waals surface area (Å²) < 4.78 is 10.6. The molecule has 7 heteroatoms. The maximum Gasteiger partial charge on any atom is 0.420 e. The normalized spacial score (nSPS) is 14.0. The van der Waals surface area contributed by atoms with Gasteiger partial charge < -0.3 is 14.6 Å². The van der Waals surface area contributed by atoms with Crippen molar-refractivity contribution in [3.05, 3.63) is 35.9 Å². The van der Waals surface area contributed by atoms with Crippen molar-refractivity contribution in [3.8, 4) is 0 Å². The fourth-order valence-electron chi connectivity index (χ4n) is 2.34. The highest BCUT2D eigenvalue weighted by Gasteiger charge is 2.49. The van der Waals surface area contributed by atoms with Gasteiger partial charge in [0.05, 0.1) is 0 Å². The Kier molecular flexibility index (Phi) is 6.64. The van der Waals surface area contributed by atoms with E-state index in [2.05, 4.69) is 0 Å². The first kappa shape index (κ1) is 22.5. The first-order valence-electron chi connectivity index (χ1n) is 8.69. The summed E-state index contributed by atoms with van der Waals surface area (Å²) in [5.41, 5.74) is -3.07. The van der Waals surface area contributed by atoms with Crippen molar-refractivity contribution in [2.75, 3.05) is 0 Å². The van der Waals surface area contributed by atoms with Gasteiger partial charge in [0, 0.05) is 6.42 Å². The van der Waals surface area contributed by atoms with Gasteiger partial charge in [-0.05, 0) is 54.0 Å². The molecule has 150 valence electrons. The maximum atomic E-state index is 12.8. The maximum absolute atomic E-state index is 12.8. The average molecular weight is 379 g/mol. The lowest BCUT2D eigenvalue weighted by atomic mass is 9.91. The second-order valence-corrected chi connectivity index (χ2v) is 8.54. The zero-order valence-corrected chi connectivity index (χ0v) is 17.0. The van der Waals surface area contributed by atoms with Crippen molar-refractivity contribution in [2.24, 2.45) is 0 Å². The largest absolute Gasteiger partial charge is 0.479 e. The van der Waals surface area contributed by atoms with Crippen LogP contribution < -0.4 is 0 Å². The van der Waals surface area contributed by atoms with E-state index >= 15 is 0 Å². The fraction of sp³-hybridized carbons (Fsp3) is 0.550. The van der Waals surface area contributed by atoms with Crippen molar-refractivity contribution in [2.45, 2.75) is 71.6 Å². The van der Waals surface area contributed by atoms with E-state index in [1.165, 1.54) is 6.92 Å². The van der Waals surface area contributed by atoms with Crippen LogP contribution in [0.1, 0.15) is 54.0 Å². The Bertz CT molecular complexity index is 659. The monoisotopic (exact) mass is 379 g/mol. The second kappa shape index (κ2) is 7.98. The van der Waals surface area contributed by atoms with Gasteiger partial charge >= 0.3 is 18.2 Å². The molecule has 0 fully saturated rings. The number of benzene rings is 1. The number of rotatable bonds is 4. The number of nitrogens with zero attached hydrogens (tertiary/aromatic N) is 1. The number of carbonyl (C=O) groups is 3. The van der Waals surface area contributed by atoms with Gasteiger partial charge in [-0.1, -0.05) is 30.3 Å². The van der Waals surface area contributed by atoms with Crippen molar-refractivity contribution in [1.29, 1.82) is 0 Å². The fourth-order valence-corrected chi connectivity index (χ4v) is 2.34. The summed E-state index contributed by atoms with van der Waals surface area (Å²) in [4.78, 5) is 38.2. The number of imide groups is 1. The molecule has 1 aromatic carbocycles. The van der Waals surface area contributed by atoms with Gasteiger partial charge in [0.1, 0.15) is 11.2 Å². The van der Waals surface area contributed by atoms with Crippen molar-refractivity contribution in [3.63, 3.8) is 0 Å². The predicted octanol–water partition coefficient (Wildman–Crippen LogP) is 4.24. The molecule has 1 aromatic rings. The Labute approximate surface area is 160 Å². The van der Waals surface area contributed by atoms with Gasteiger partial charge in [0.15, 0.2) is 5.54 Å². The van der Waals surface area contributed by atoms with E-state index in [0.29, 0.717) is 10.5 Å². The molecular weight excluding hydrogens is 350 g/mol. The number of amides is 2. The molecule has 0 unspecified atom stereocenters. The first-order chi connectivity index (χ1) is 12.2. The zero-order valence-electron chi connectivity index (χ0n) is 17.0. The molecule has 0 saturated carbocycles. The van der Waals surface area contributed by atoms with E-state index in [1.807, 2.05) is 0 Å². The summed E-state index contributed by atoms with van der Waals surface area (Å²) in [6.45, 7) is 11.1. The molecule has 7 nitrogen and oxygen atoms in total. The molecule has 0 aliphatic heterocycles. The SMILES string of the molecule is CC(C)(C)OC(=O)N(C(=O)OC(C)(C)C)[C@@](C)(Cc1ccccc1)C(=O)O. The molecule has 0 aliphatic rings. The summed E-state index contributed by atoms with van der Waals surface area (Å²) in [7, 11) is 0. The molecule has 1 N–H and O–H groups in total. The molecule has 1 atom stereocenters. The number of carbonyl (C=O) groups excluding carboxylic acids is 2. The van der Waals surface area contributed by atoms with E-state index < -0.39 is 34.9 Å². The van der Waals surface area contributed by atoms with Crippen LogP contribution in [-0.4, -0.2) is 44.9 Å². The van der Waals surface area contributed by atoms with Crippen LogP contribution >= 0.6 is 0 Å². The number of carboxylic acid groups (broad SMARTS) is 1. The molecule has 0 aliphatic carbocycles. The van der Waals surface area contributed by atoms with Crippen LogP contribution in [0.4, 0.5) is 9.59 Å². The topological polar surface area (TPSA) is 93.1 Å². The lowest BCUT2D eigenvalue weighted by Crippen LogP contribution is -2.60. The summed E-state index contributed by atoms with van der Waals surface area (Å²) in [5, 5.41) is 9.90. The molecule has 1 rings (SSSR count). The van der Waals surface area contributed by atoms with Crippen LogP contribution in [0.15, 0.2) is 30.3 Å². The Hall–Kier alpha value is -2.57. The number of ether oxygens (including phenoxy) is 2. The van der Waals surface area contributed by atoms with Gasteiger partial charge in [-0.2, -0.15) is 4.90 Å². The smallest absolute Gasteiger partial charge is 0.420 e. The minimum Gasteiger partial charge on any atom is -0.479 e. The molecule has 0 radical (unpaired) electrons. The average Bonchev–Trinajstić information content (AvgIpc) is 2.44. The number of hydrogen-bond donors (Lipinski definition) is 1. The molecule has 0 heterocycles. The van der Waals surface area contributed by atoms with Gasteiger partial charge in [0.2, 0.25) is 0 Å². The van der Waals surface area contributed by atoms with E-state index in [4.69, 9.17) is 9.47 Å². The van der Waals surface area contributed by atoms with E-state index in [-0.39, 0.29) is 6.42 Å².